The average Bonchev–Trinajstić information content (AvgIpc) is 2.40. The minimum absolute atomic E-state index is 0.452. The Hall–Kier alpha value is -0.810. The fourth-order valence-electron chi connectivity index (χ4n) is 2.06. The Balaban J connectivity index is 2.21. The summed E-state index contributed by atoms with van der Waals surface area (Å²) < 4.78 is 0. The topological polar surface area (TPSA) is 63.8 Å². The van der Waals surface area contributed by atoms with Crippen LogP contribution in [0.25, 0.3) is 0 Å². The van der Waals surface area contributed by atoms with Crippen molar-refractivity contribution in [1.29, 1.82) is 0 Å². The number of aromatic nitrogens is 2. The van der Waals surface area contributed by atoms with E-state index in [1.54, 1.807) is 0 Å². The summed E-state index contributed by atoms with van der Waals surface area (Å²) in [6.45, 7) is 2.16. The highest BCUT2D eigenvalue weighted by molar-refractivity contribution is 7.99. The molecule has 0 aromatic carbocycles. The summed E-state index contributed by atoms with van der Waals surface area (Å²) in [6, 6.07) is 1.94. The molecule has 94 valence electrons. The van der Waals surface area contributed by atoms with Gasteiger partial charge in [-0.25, -0.2) is 15.8 Å². The molecule has 3 N–H and O–H groups in total. The number of nitrogens with two attached hydrogens (primary N) is 1. The van der Waals surface area contributed by atoms with Crippen molar-refractivity contribution in [1.82, 2.24) is 9.97 Å². The van der Waals surface area contributed by atoms with Gasteiger partial charge < -0.3 is 5.43 Å². The van der Waals surface area contributed by atoms with Crippen LogP contribution >= 0.6 is 11.8 Å². The highest BCUT2D eigenvalue weighted by atomic mass is 32.2. The first-order chi connectivity index (χ1) is 8.33. The number of anilines is 1. The van der Waals surface area contributed by atoms with Gasteiger partial charge in [-0.1, -0.05) is 19.8 Å². The minimum Gasteiger partial charge on any atom is -0.308 e. The van der Waals surface area contributed by atoms with Gasteiger partial charge in [0.25, 0.3) is 0 Å². The summed E-state index contributed by atoms with van der Waals surface area (Å²) in [5.41, 5.74) is 3.74. The van der Waals surface area contributed by atoms with E-state index in [9.17, 15) is 0 Å². The number of hydrazine groups is 1. The molecule has 0 bridgehead atoms. The Morgan fingerprint density at radius 3 is 3.00 bits per heavy atom. The highest BCUT2D eigenvalue weighted by Crippen LogP contribution is 2.36. The molecule has 0 aliphatic carbocycles. The Morgan fingerprint density at radius 2 is 2.35 bits per heavy atom. The second-order valence-corrected chi connectivity index (χ2v) is 5.66. The fraction of sp³-hybridized carbons (Fsp3) is 0.667. The van der Waals surface area contributed by atoms with Crippen LogP contribution in [0.15, 0.2) is 6.07 Å². The summed E-state index contributed by atoms with van der Waals surface area (Å²) >= 11 is 1.97. The fourth-order valence-corrected chi connectivity index (χ4v) is 3.31. The molecule has 1 aliphatic heterocycles. The van der Waals surface area contributed by atoms with Crippen LogP contribution in [-0.2, 0) is 6.42 Å². The van der Waals surface area contributed by atoms with Crippen molar-refractivity contribution < 1.29 is 0 Å². The van der Waals surface area contributed by atoms with Gasteiger partial charge in [0.1, 0.15) is 11.6 Å². The van der Waals surface area contributed by atoms with Crippen molar-refractivity contribution in [3.63, 3.8) is 0 Å². The van der Waals surface area contributed by atoms with Crippen LogP contribution < -0.4 is 11.3 Å². The molecule has 1 unspecified atom stereocenters. The molecule has 0 saturated carbocycles. The standard InChI is InChI=1S/C12H20N4S/c1-2-5-9-8-11(16-13)15-12(14-9)10-6-3-4-7-17-10/h8,10H,2-7,13H2,1H3,(H,14,15,16). The zero-order chi connectivity index (χ0) is 12.1. The summed E-state index contributed by atoms with van der Waals surface area (Å²) in [7, 11) is 0. The molecule has 0 radical (unpaired) electrons. The first-order valence-electron chi connectivity index (χ1n) is 6.29. The van der Waals surface area contributed by atoms with E-state index in [1.165, 1.54) is 25.0 Å². The molecule has 1 aliphatic rings. The number of nitrogens with zero attached hydrogens (tertiary/aromatic N) is 2. The summed E-state index contributed by atoms with van der Waals surface area (Å²) in [6.07, 6.45) is 5.87. The molecule has 0 amide bonds. The molecule has 2 rings (SSSR count). The van der Waals surface area contributed by atoms with Crippen LogP contribution in [0.2, 0.25) is 0 Å². The third-order valence-corrected chi connectivity index (χ3v) is 4.29. The molecular formula is C12H20N4S. The van der Waals surface area contributed by atoms with Crippen molar-refractivity contribution in [2.45, 2.75) is 44.3 Å². The zero-order valence-corrected chi connectivity index (χ0v) is 11.1. The number of nitrogen functional groups attached to an aromatic ring is 1. The van der Waals surface area contributed by atoms with Gasteiger partial charge in [-0.05, 0) is 25.0 Å². The second kappa shape index (κ2) is 6.21. The molecule has 2 heterocycles. The van der Waals surface area contributed by atoms with E-state index in [2.05, 4.69) is 22.3 Å². The van der Waals surface area contributed by atoms with Crippen molar-refractivity contribution in [3.05, 3.63) is 17.6 Å². The zero-order valence-electron chi connectivity index (χ0n) is 10.3. The van der Waals surface area contributed by atoms with Crippen LogP contribution in [0.1, 0.15) is 49.4 Å². The molecule has 5 heteroatoms. The van der Waals surface area contributed by atoms with Crippen LogP contribution in [0, 0.1) is 0 Å². The van der Waals surface area contributed by atoms with E-state index in [1.807, 2.05) is 17.8 Å². The number of thioether (sulfide) groups is 1. The van der Waals surface area contributed by atoms with Gasteiger partial charge in [-0.15, -0.1) is 0 Å². The molecular weight excluding hydrogens is 232 g/mol. The van der Waals surface area contributed by atoms with E-state index in [-0.39, 0.29) is 0 Å². The van der Waals surface area contributed by atoms with Crippen LogP contribution in [0.3, 0.4) is 0 Å². The Bertz CT molecular complexity index is 364. The van der Waals surface area contributed by atoms with E-state index in [0.29, 0.717) is 5.25 Å². The quantitative estimate of drug-likeness (QED) is 0.637. The smallest absolute Gasteiger partial charge is 0.143 e. The van der Waals surface area contributed by atoms with Crippen LogP contribution in [0.5, 0.6) is 0 Å². The molecule has 1 saturated heterocycles. The first kappa shape index (κ1) is 12.6. The van der Waals surface area contributed by atoms with E-state index in [0.717, 1.165) is 30.2 Å². The molecule has 17 heavy (non-hydrogen) atoms. The molecule has 1 aromatic rings. The number of hydrogen-bond donors (Lipinski definition) is 2. The molecule has 0 spiro atoms. The lowest BCUT2D eigenvalue weighted by molar-refractivity contribution is 0.657. The number of nitrogens with one attached hydrogen (secondary N) is 1. The summed E-state index contributed by atoms with van der Waals surface area (Å²) in [5.74, 6) is 8.38. The Morgan fingerprint density at radius 1 is 1.47 bits per heavy atom. The van der Waals surface area contributed by atoms with Crippen molar-refractivity contribution in [3.8, 4) is 0 Å². The maximum atomic E-state index is 5.47. The summed E-state index contributed by atoms with van der Waals surface area (Å²) in [5, 5.41) is 0.452. The first-order valence-corrected chi connectivity index (χ1v) is 7.34. The molecule has 4 nitrogen and oxygen atoms in total. The normalized spacial score (nSPS) is 20.2. The Kier molecular flexibility index (Phi) is 4.62. The van der Waals surface area contributed by atoms with Gasteiger partial charge in [0, 0.05) is 11.8 Å². The van der Waals surface area contributed by atoms with E-state index in [4.69, 9.17) is 5.84 Å². The number of aryl methyl sites for hydroxylation is 1. The van der Waals surface area contributed by atoms with Crippen molar-refractivity contribution in [2.75, 3.05) is 11.2 Å². The maximum Gasteiger partial charge on any atom is 0.143 e. The average molecular weight is 252 g/mol. The van der Waals surface area contributed by atoms with Gasteiger partial charge in [-0.2, -0.15) is 11.8 Å². The summed E-state index contributed by atoms with van der Waals surface area (Å²) in [4.78, 5) is 9.16. The lowest BCUT2D eigenvalue weighted by Gasteiger charge is -2.20. The van der Waals surface area contributed by atoms with Gasteiger partial charge in [-0.3, -0.25) is 0 Å². The third kappa shape index (κ3) is 3.33. The number of rotatable bonds is 4. The molecule has 1 aromatic heterocycles. The van der Waals surface area contributed by atoms with Gasteiger partial charge in [0.05, 0.1) is 5.25 Å². The highest BCUT2D eigenvalue weighted by Gasteiger charge is 2.19. The van der Waals surface area contributed by atoms with Crippen LogP contribution in [-0.4, -0.2) is 15.7 Å². The van der Waals surface area contributed by atoms with Crippen molar-refractivity contribution in [2.24, 2.45) is 5.84 Å². The van der Waals surface area contributed by atoms with Gasteiger partial charge in [0.2, 0.25) is 0 Å². The predicted octanol–water partition coefficient (Wildman–Crippen LogP) is 2.67. The van der Waals surface area contributed by atoms with Gasteiger partial charge in [0.15, 0.2) is 0 Å². The lowest BCUT2D eigenvalue weighted by Crippen LogP contribution is -2.14. The Labute approximate surface area is 107 Å². The van der Waals surface area contributed by atoms with Crippen LogP contribution in [0.4, 0.5) is 5.82 Å². The van der Waals surface area contributed by atoms with E-state index >= 15 is 0 Å². The third-order valence-electron chi connectivity index (χ3n) is 2.92. The largest absolute Gasteiger partial charge is 0.308 e. The van der Waals surface area contributed by atoms with E-state index < -0.39 is 0 Å². The predicted molar refractivity (Wildman–Crippen MR) is 72.9 cm³/mol. The molecule has 1 atom stereocenters. The maximum absolute atomic E-state index is 5.47. The lowest BCUT2D eigenvalue weighted by atomic mass is 10.1. The second-order valence-electron chi connectivity index (χ2n) is 4.35. The minimum atomic E-state index is 0.452. The SMILES string of the molecule is CCCc1cc(NN)nc(C2CCCCS2)n1. The van der Waals surface area contributed by atoms with Gasteiger partial charge >= 0.3 is 0 Å². The number of hydrogen-bond acceptors (Lipinski definition) is 5. The van der Waals surface area contributed by atoms with Crippen molar-refractivity contribution >= 4 is 17.6 Å². The monoisotopic (exact) mass is 252 g/mol. The molecule has 1 fully saturated rings.